The molecule has 2 amide bonds. The van der Waals surface area contributed by atoms with Crippen molar-refractivity contribution in [3.8, 4) is 0 Å². The first-order valence-corrected chi connectivity index (χ1v) is 11.7. The number of hydrogen-bond donors (Lipinski definition) is 1. The van der Waals surface area contributed by atoms with Crippen LogP contribution in [0.2, 0.25) is 5.02 Å². The molecule has 170 valence electrons. The second kappa shape index (κ2) is 10.5. The van der Waals surface area contributed by atoms with Gasteiger partial charge in [0.1, 0.15) is 5.82 Å². The van der Waals surface area contributed by atoms with Crippen LogP contribution < -0.4 is 10.2 Å². The highest BCUT2D eigenvalue weighted by atomic mass is 35.5. The van der Waals surface area contributed by atoms with Gasteiger partial charge >= 0.3 is 0 Å². The molecule has 7 heteroatoms. The van der Waals surface area contributed by atoms with Crippen LogP contribution in [0.4, 0.5) is 10.1 Å². The van der Waals surface area contributed by atoms with E-state index < -0.39 is 11.7 Å². The Morgan fingerprint density at radius 1 is 1.12 bits per heavy atom. The van der Waals surface area contributed by atoms with Gasteiger partial charge in [0, 0.05) is 31.7 Å². The third-order valence-corrected chi connectivity index (χ3v) is 6.80. The van der Waals surface area contributed by atoms with Crippen LogP contribution in [0.5, 0.6) is 0 Å². The van der Waals surface area contributed by atoms with Gasteiger partial charge in [-0.15, -0.1) is 0 Å². The van der Waals surface area contributed by atoms with Gasteiger partial charge in [0.05, 0.1) is 10.9 Å². The first kappa shape index (κ1) is 22.7. The van der Waals surface area contributed by atoms with E-state index in [2.05, 4.69) is 40.5 Å². The fourth-order valence-electron chi connectivity index (χ4n) is 4.63. The molecule has 0 saturated carbocycles. The summed E-state index contributed by atoms with van der Waals surface area (Å²) in [4.78, 5) is 28.9. The predicted molar refractivity (Wildman–Crippen MR) is 124 cm³/mol. The van der Waals surface area contributed by atoms with E-state index >= 15 is 0 Å². The lowest BCUT2D eigenvalue weighted by molar-refractivity contribution is -0.126. The van der Waals surface area contributed by atoms with Gasteiger partial charge < -0.3 is 15.1 Å². The van der Waals surface area contributed by atoms with Crippen molar-refractivity contribution in [2.45, 2.75) is 25.7 Å². The number of anilines is 1. The number of likely N-dealkylation sites (tertiary alicyclic amines) is 1. The quantitative estimate of drug-likeness (QED) is 0.686. The average Bonchev–Trinajstić information content (AvgIpc) is 3.19. The lowest BCUT2D eigenvalue weighted by Gasteiger charge is -2.32. The van der Waals surface area contributed by atoms with Crippen LogP contribution in [0.3, 0.4) is 0 Å². The van der Waals surface area contributed by atoms with Crippen molar-refractivity contribution >= 4 is 29.1 Å². The van der Waals surface area contributed by atoms with Crippen molar-refractivity contribution in [1.82, 2.24) is 10.2 Å². The lowest BCUT2D eigenvalue weighted by atomic mass is 9.90. The van der Waals surface area contributed by atoms with Crippen LogP contribution in [0.1, 0.15) is 24.8 Å². The molecule has 2 aliphatic rings. The number of piperidine rings is 1. The van der Waals surface area contributed by atoms with Gasteiger partial charge in [0.2, 0.25) is 11.8 Å². The Morgan fingerprint density at radius 3 is 2.59 bits per heavy atom. The van der Waals surface area contributed by atoms with E-state index in [1.807, 2.05) is 0 Å². The fourth-order valence-corrected chi connectivity index (χ4v) is 4.80. The molecule has 2 aromatic rings. The molecule has 5 nitrogen and oxygen atoms in total. The van der Waals surface area contributed by atoms with Crippen LogP contribution in [0, 0.1) is 17.7 Å². The summed E-state index contributed by atoms with van der Waals surface area (Å²) in [7, 11) is 0. The lowest BCUT2D eigenvalue weighted by Crippen LogP contribution is -2.41. The predicted octanol–water partition coefficient (Wildman–Crippen LogP) is 3.90. The van der Waals surface area contributed by atoms with Gasteiger partial charge in [-0.05, 0) is 62.0 Å². The third kappa shape index (κ3) is 5.67. The van der Waals surface area contributed by atoms with E-state index in [4.69, 9.17) is 11.6 Å². The number of benzene rings is 2. The summed E-state index contributed by atoms with van der Waals surface area (Å²) >= 11 is 5.83. The number of carbonyl (C=O) groups excluding carboxylic acids is 2. The zero-order valence-corrected chi connectivity index (χ0v) is 18.9. The number of halogens is 2. The van der Waals surface area contributed by atoms with Gasteiger partial charge in [-0.3, -0.25) is 9.59 Å². The van der Waals surface area contributed by atoms with Crippen LogP contribution in [-0.4, -0.2) is 49.4 Å². The largest absolute Gasteiger partial charge is 0.355 e. The maximum Gasteiger partial charge on any atom is 0.227 e. The molecule has 0 radical (unpaired) electrons. The third-order valence-electron chi connectivity index (χ3n) is 6.51. The molecule has 0 aromatic heterocycles. The molecule has 1 N–H and O–H groups in total. The van der Waals surface area contributed by atoms with Crippen molar-refractivity contribution in [3.05, 3.63) is 64.9 Å². The van der Waals surface area contributed by atoms with Crippen molar-refractivity contribution in [2.24, 2.45) is 11.8 Å². The van der Waals surface area contributed by atoms with E-state index in [1.54, 1.807) is 0 Å². The summed E-state index contributed by atoms with van der Waals surface area (Å²) in [6, 6.07) is 14.8. The zero-order chi connectivity index (χ0) is 22.5. The van der Waals surface area contributed by atoms with Crippen LogP contribution >= 0.6 is 11.6 Å². The maximum atomic E-state index is 13.4. The van der Waals surface area contributed by atoms with Crippen LogP contribution in [0.25, 0.3) is 0 Å². The molecule has 2 aliphatic heterocycles. The van der Waals surface area contributed by atoms with Crippen LogP contribution in [-0.2, 0) is 16.0 Å². The number of nitrogens with one attached hydrogen (secondary N) is 1. The molecule has 2 heterocycles. The number of nitrogens with zero attached hydrogens (tertiary/aromatic N) is 2. The molecular formula is C25H29ClFN3O2. The summed E-state index contributed by atoms with van der Waals surface area (Å²) in [5, 5.41) is 2.96. The normalized spacial score (nSPS) is 20.0. The highest BCUT2D eigenvalue weighted by Gasteiger charge is 2.35. The van der Waals surface area contributed by atoms with E-state index in [1.165, 1.54) is 41.5 Å². The van der Waals surface area contributed by atoms with E-state index in [9.17, 15) is 14.0 Å². The monoisotopic (exact) mass is 457 g/mol. The molecule has 0 unspecified atom stereocenters. The summed E-state index contributed by atoms with van der Waals surface area (Å²) in [6.45, 7) is 3.79. The molecule has 2 aromatic carbocycles. The maximum absolute atomic E-state index is 13.4. The van der Waals surface area contributed by atoms with Gasteiger partial charge in [-0.25, -0.2) is 4.39 Å². The summed E-state index contributed by atoms with van der Waals surface area (Å²) < 4.78 is 13.4. The molecule has 2 saturated heterocycles. The molecule has 0 aliphatic carbocycles. The molecule has 1 atom stereocenters. The molecule has 0 bridgehead atoms. The summed E-state index contributed by atoms with van der Waals surface area (Å²) in [5.74, 6) is -0.455. The molecule has 32 heavy (non-hydrogen) atoms. The van der Waals surface area contributed by atoms with Gasteiger partial charge in [0.25, 0.3) is 0 Å². The Bertz CT molecular complexity index is 947. The van der Waals surface area contributed by atoms with Crippen molar-refractivity contribution < 1.29 is 14.0 Å². The first-order valence-electron chi connectivity index (χ1n) is 11.3. The Kier molecular flexibility index (Phi) is 7.43. The number of carbonyl (C=O) groups is 2. The molecule has 2 fully saturated rings. The van der Waals surface area contributed by atoms with Crippen LogP contribution in [0.15, 0.2) is 48.5 Å². The average molecular weight is 458 g/mol. The highest BCUT2D eigenvalue weighted by molar-refractivity contribution is 6.31. The molecule has 4 rings (SSSR count). The zero-order valence-electron chi connectivity index (χ0n) is 18.1. The van der Waals surface area contributed by atoms with Gasteiger partial charge in [-0.1, -0.05) is 41.9 Å². The molecule has 0 spiro atoms. The smallest absolute Gasteiger partial charge is 0.227 e. The minimum atomic E-state index is -0.527. The Morgan fingerprint density at radius 2 is 1.88 bits per heavy atom. The van der Waals surface area contributed by atoms with Gasteiger partial charge in [0.15, 0.2) is 0 Å². The van der Waals surface area contributed by atoms with Gasteiger partial charge in [-0.2, -0.15) is 0 Å². The summed E-state index contributed by atoms with van der Waals surface area (Å²) in [5.41, 5.74) is 1.93. The summed E-state index contributed by atoms with van der Waals surface area (Å²) in [6.07, 6.45) is 3.65. The van der Waals surface area contributed by atoms with Crippen molar-refractivity contribution in [1.29, 1.82) is 0 Å². The number of rotatable bonds is 7. The fraction of sp³-hybridized carbons (Fsp3) is 0.440. The Labute approximate surface area is 193 Å². The number of hydrogen-bond acceptors (Lipinski definition) is 3. The SMILES string of the molecule is O=C(NCCN1CCC(Cc2ccccc2)CC1)[C@H]1CC(=O)N(c2ccc(F)c(Cl)c2)C1. The second-order valence-corrected chi connectivity index (χ2v) is 9.18. The first-order chi connectivity index (χ1) is 15.5. The minimum Gasteiger partial charge on any atom is -0.355 e. The van der Waals surface area contributed by atoms with Crippen molar-refractivity contribution in [2.75, 3.05) is 37.6 Å². The van der Waals surface area contributed by atoms with E-state index in [-0.39, 0.29) is 29.8 Å². The standard InChI is InChI=1S/C25H29ClFN3O2/c26-22-16-21(6-7-23(22)27)30-17-20(15-24(30)31)25(32)28-10-13-29-11-8-19(9-12-29)14-18-4-2-1-3-5-18/h1-7,16,19-20H,8-15,17H2,(H,28,32)/t20-/m0/s1. The number of amides is 2. The molecular weight excluding hydrogens is 429 g/mol. The minimum absolute atomic E-state index is 0.0317. The Balaban J connectivity index is 1.18. The second-order valence-electron chi connectivity index (χ2n) is 8.77. The van der Waals surface area contributed by atoms with Crippen molar-refractivity contribution in [3.63, 3.8) is 0 Å². The van der Waals surface area contributed by atoms with E-state index in [0.29, 0.717) is 12.2 Å². The highest BCUT2D eigenvalue weighted by Crippen LogP contribution is 2.28. The Hall–Kier alpha value is -2.44. The topological polar surface area (TPSA) is 52.7 Å². The van der Waals surface area contributed by atoms with E-state index in [0.717, 1.165) is 32.0 Å².